The Morgan fingerprint density at radius 1 is 1.00 bits per heavy atom. The fraction of sp³-hybridized carbons (Fsp3) is 0.682. The number of aromatic nitrogens is 1. The molecular formula is C22H25F2NO7S. The molecule has 2 unspecified atom stereocenters. The number of rotatable bonds is 6. The Morgan fingerprint density at radius 2 is 1.48 bits per heavy atom. The van der Waals surface area contributed by atoms with Crippen molar-refractivity contribution in [3.63, 3.8) is 0 Å². The molecule has 7 rings (SSSR count). The molecule has 1 heterocycles. The number of carbonyl (C=O) groups is 1. The van der Waals surface area contributed by atoms with Crippen LogP contribution in [-0.4, -0.2) is 41.2 Å². The molecule has 0 aliphatic heterocycles. The summed E-state index contributed by atoms with van der Waals surface area (Å²) in [6.45, 7) is -0.246. The third kappa shape index (κ3) is 2.96. The maximum Gasteiger partial charge on any atom is 0.478 e. The smallest absolute Gasteiger partial charge is 0.478 e. The van der Waals surface area contributed by atoms with Crippen LogP contribution in [-0.2, 0) is 19.6 Å². The minimum atomic E-state index is -5.92. The van der Waals surface area contributed by atoms with Crippen molar-refractivity contribution >= 4 is 16.1 Å². The summed E-state index contributed by atoms with van der Waals surface area (Å²) in [5.41, 5.74) is 0.112. The monoisotopic (exact) mass is 485 g/mol. The van der Waals surface area contributed by atoms with Gasteiger partial charge in [0.25, 0.3) is 0 Å². The van der Waals surface area contributed by atoms with Crippen LogP contribution in [0.2, 0.25) is 0 Å². The number of hydrogen-bond donors (Lipinski definition) is 2. The Labute approximate surface area is 189 Å². The van der Waals surface area contributed by atoms with Gasteiger partial charge in [-0.1, -0.05) is 16.9 Å². The largest absolute Gasteiger partial charge is 0.492 e. The molecule has 4 saturated carbocycles. The van der Waals surface area contributed by atoms with Gasteiger partial charge < -0.3 is 14.9 Å². The molecule has 6 aliphatic carbocycles. The highest BCUT2D eigenvalue weighted by Crippen LogP contribution is 2.60. The third-order valence-corrected chi connectivity index (χ3v) is 9.52. The number of hydrogen-bond acceptors (Lipinski definition) is 7. The van der Waals surface area contributed by atoms with Gasteiger partial charge in [-0.15, -0.1) is 0 Å². The Bertz CT molecular complexity index is 1100. The van der Waals surface area contributed by atoms with Crippen LogP contribution in [0.3, 0.4) is 0 Å². The second-order valence-electron chi connectivity index (χ2n) is 10.6. The number of halogens is 2. The molecular weight excluding hydrogens is 460 g/mol. The van der Waals surface area contributed by atoms with E-state index in [4.69, 9.17) is 4.74 Å². The van der Waals surface area contributed by atoms with Crippen molar-refractivity contribution < 1.29 is 41.2 Å². The van der Waals surface area contributed by atoms with E-state index >= 15 is 0 Å². The van der Waals surface area contributed by atoms with Gasteiger partial charge in [0.15, 0.2) is 0 Å². The van der Waals surface area contributed by atoms with Gasteiger partial charge in [-0.25, -0.2) is 4.79 Å². The molecule has 2 atom stereocenters. The summed E-state index contributed by atoms with van der Waals surface area (Å²) < 4.78 is 63.4. The Hall–Kier alpha value is -2.30. The van der Waals surface area contributed by atoms with Gasteiger partial charge >= 0.3 is 21.3 Å². The maximum atomic E-state index is 14.7. The van der Waals surface area contributed by atoms with Gasteiger partial charge in [-0.3, -0.25) is 4.28 Å². The predicted octanol–water partition coefficient (Wildman–Crippen LogP) is 3.15. The number of aromatic hydroxyl groups is 2. The molecule has 8 nitrogen and oxygen atoms in total. The fourth-order valence-corrected chi connectivity index (χ4v) is 8.20. The summed E-state index contributed by atoms with van der Waals surface area (Å²) in [5.74, 6) is -2.78. The quantitative estimate of drug-likeness (QED) is 0.470. The highest BCUT2D eigenvalue weighted by molar-refractivity contribution is 7.88. The van der Waals surface area contributed by atoms with Crippen LogP contribution in [0.5, 0.6) is 11.8 Å². The molecule has 6 aliphatic rings. The van der Waals surface area contributed by atoms with Crippen LogP contribution < -0.4 is 4.28 Å². The average molecular weight is 486 g/mol. The van der Waals surface area contributed by atoms with E-state index in [1.54, 1.807) is 12.2 Å². The standard InChI is InChI=1S/C22H25F2NO7S/c23-22(24,20(28)31-10-21-7-11-3-12(8-21)5-13(4-11)9-21)33(29,30)32-25-18(26)16-14-1-2-15(6-14)17(16)19(25)27/h1-2,11-15,26-27H,3-10H2. The summed E-state index contributed by atoms with van der Waals surface area (Å²) in [6.07, 6.45) is 9.91. The van der Waals surface area contributed by atoms with Crippen molar-refractivity contribution in [1.29, 1.82) is 0 Å². The Morgan fingerprint density at radius 3 is 1.97 bits per heavy atom. The number of ether oxygens (including phenoxy) is 1. The Kier molecular flexibility index (Phi) is 4.28. The van der Waals surface area contributed by atoms with Crippen molar-refractivity contribution in [2.24, 2.45) is 23.2 Å². The van der Waals surface area contributed by atoms with E-state index in [0.717, 1.165) is 38.5 Å². The summed E-state index contributed by atoms with van der Waals surface area (Å²) in [5, 5.41) is 15.7. The predicted molar refractivity (Wildman–Crippen MR) is 109 cm³/mol. The zero-order chi connectivity index (χ0) is 23.3. The number of nitrogens with zero attached hydrogens (tertiary/aromatic N) is 1. The van der Waals surface area contributed by atoms with Crippen molar-refractivity contribution in [1.82, 2.24) is 4.73 Å². The first-order valence-electron chi connectivity index (χ1n) is 11.3. The normalized spacial score (nSPS) is 35.8. The minimum Gasteiger partial charge on any atom is -0.492 e. The van der Waals surface area contributed by atoms with E-state index in [9.17, 15) is 32.2 Å². The topological polar surface area (TPSA) is 115 Å². The summed E-state index contributed by atoms with van der Waals surface area (Å²) in [7, 11) is -5.92. The SMILES string of the molecule is O=C(OCC12CC3CC(CC(C3)C1)C2)C(F)(F)S(=O)(=O)On1c(O)c2c(c1O)C1C=CC2C1. The molecule has 4 fully saturated rings. The van der Waals surface area contributed by atoms with Crippen LogP contribution in [0.1, 0.15) is 67.9 Å². The first-order valence-corrected chi connectivity index (χ1v) is 12.7. The van der Waals surface area contributed by atoms with Crippen LogP contribution in [0.25, 0.3) is 0 Å². The summed E-state index contributed by atoms with van der Waals surface area (Å²) in [4.78, 5) is 12.2. The van der Waals surface area contributed by atoms with E-state index in [-0.39, 0.29) is 39.7 Å². The van der Waals surface area contributed by atoms with Gasteiger partial charge in [0.1, 0.15) is 0 Å². The van der Waals surface area contributed by atoms with Crippen molar-refractivity contribution in [2.45, 2.75) is 62.0 Å². The van der Waals surface area contributed by atoms with Gasteiger partial charge in [0.2, 0.25) is 11.8 Å². The molecule has 1 aromatic rings. The first-order chi connectivity index (χ1) is 15.5. The number of allylic oxidation sites excluding steroid dienone is 2. The van der Waals surface area contributed by atoms with E-state index in [1.807, 2.05) is 0 Å². The van der Waals surface area contributed by atoms with E-state index < -0.39 is 33.1 Å². The lowest BCUT2D eigenvalue weighted by atomic mass is 9.50. The number of fused-ring (bicyclic) bond motifs is 5. The zero-order valence-corrected chi connectivity index (χ0v) is 18.6. The van der Waals surface area contributed by atoms with Crippen LogP contribution in [0.15, 0.2) is 12.2 Å². The molecule has 0 aromatic carbocycles. The van der Waals surface area contributed by atoms with Gasteiger partial charge in [0, 0.05) is 28.4 Å². The Balaban J connectivity index is 1.19. The second-order valence-corrected chi connectivity index (χ2v) is 12.2. The molecule has 2 N–H and O–H groups in total. The molecule has 0 spiro atoms. The third-order valence-electron chi connectivity index (χ3n) is 8.38. The fourth-order valence-electron chi connectivity index (χ4n) is 7.51. The first kappa shape index (κ1) is 21.2. The molecule has 0 saturated heterocycles. The molecule has 0 radical (unpaired) electrons. The van der Waals surface area contributed by atoms with E-state index in [0.29, 0.717) is 24.2 Å². The molecule has 33 heavy (non-hydrogen) atoms. The number of esters is 1. The molecule has 180 valence electrons. The van der Waals surface area contributed by atoms with Crippen molar-refractivity contribution in [3.05, 3.63) is 23.3 Å². The van der Waals surface area contributed by atoms with E-state index in [2.05, 4.69) is 4.28 Å². The van der Waals surface area contributed by atoms with E-state index in [1.165, 1.54) is 0 Å². The number of alkyl halides is 2. The van der Waals surface area contributed by atoms with Crippen LogP contribution in [0, 0.1) is 23.2 Å². The lowest BCUT2D eigenvalue weighted by molar-refractivity contribution is -0.172. The highest BCUT2D eigenvalue weighted by atomic mass is 32.2. The molecule has 0 amide bonds. The zero-order valence-electron chi connectivity index (χ0n) is 17.7. The van der Waals surface area contributed by atoms with Gasteiger partial charge in [-0.05, 0) is 62.7 Å². The lowest BCUT2D eigenvalue weighted by Crippen LogP contribution is -2.50. The van der Waals surface area contributed by atoms with Crippen molar-refractivity contribution in [2.75, 3.05) is 6.61 Å². The number of carbonyl (C=O) groups excluding carboxylic acids is 1. The molecule has 11 heteroatoms. The average Bonchev–Trinajstić information content (AvgIpc) is 3.41. The minimum absolute atomic E-state index is 0.0480. The van der Waals surface area contributed by atoms with Gasteiger partial charge in [-0.2, -0.15) is 17.2 Å². The van der Waals surface area contributed by atoms with Crippen molar-refractivity contribution in [3.8, 4) is 11.8 Å². The second kappa shape index (κ2) is 6.64. The molecule has 6 bridgehead atoms. The highest BCUT2D eigenvalue weighted by Gasteiger charge is 2.59. The van der Waals surface area contributed by atoms with Gasteiger partial charge in [0.05, 0.1) is 6.61 Å². The lowest BCUT2D eigenvalue weighted by Gasteiger charge is -2.56. The summed E-state index contributed by atoms with van der Waals surface area (Å²) in [6, 6.07) is 0. The van der Waals surface area contributed by atoms with Crippen LogP contribution in [0.4, 0.5) is 8.78 Å². The molecule has 1 aromatic heterocycles. The summed E-state index contributed by atoms with van der Waals surface area (Å²) >= 11 is 0. The maximum absolute atomic E-state index is 14.7. The van der Waals surface area contributed by atoms with Crippen LogP contribution >= 0.6 is 0 Å².